The standard InChI is InChI=1S/C23H27N3O3/c1-2-28-21-6-3-4-7-22(21)29-18-23(27)26-13-5-12-25(14-15-26)17-20-10-8-19(16-24)9-11-20/h3-4,6-11H,2,5,12-15,17-18H2,1H3. The summed E-state index contributed by atoms with van der Waals surface area (Å²) in [6.45, 7) is 6.49. The van der Waals surface area contributed by atoms with E-state index in [1.54, 1.807) is 0 Å². The molecule has 0 saturated carbocycles. The van der Waals surface area contributed by atoms with Crippen molar-refractivity contribution in [1.29, 1.82) is 5.26 Å². The van der Waals surface area contributed by atoms with E-state index < -0.39 is 0 Å². The fourth-order valence-electron chi connectivity index (χ4n) is 3.40. The van der Waals surface area contributed by atoms with E-state index in [4.69, 9.17) is 14.7 Å². The SMILES string of the molecule is CCOc1ccccc1OCC(=O)N1CCCN(Cc2ccc(C#N)cc2)CC1. The number of nitrogens with zero attached hydrogens (tertiary/aromatic N) is 3. The van der Waals surface area contributed by atoms with Crippen LogP contribution in [-0.4, -0.2) is 55.1 Å². The lowest BCUT2D eigenvalue weighted by Gasteiger charge is -2.22. The van der Waals surface area contributed by atoms with E-state index >= 15 is 0 Å². The minimum atomic E-state index is -0.00322. The zero-order valence-electron chi connectivity index (χ0n) is 16.8. The molecule has 1 aliphatic heterocycles. The molecule has 1 amide bonds. The van der Waals surface area contributed by atoms with Gasteiger partial charge >= 0.3 is 0 Å². The zero-order valence-corrected chi connectivity index (χ0v) is 16.8. The highest BCUT2D eigenvalue weighted by Crippen LogP contribution is 2.26. The average Bonchev–Trinajstić information content (AvgIpc) is 2.99. The fourth-order valence-corrected chi connectivity index (χ4v) is 3.40. The highest BCUT2D eigenvalue weighted by atomic mass is 16.5. The van der Waals surface area contributed by atoms with Gasteiger partial charge in [-0.2, -0.15) is 5.26 Å². The summed E-state index contributed by atoms with van der Waals surface area (Å²) in [5.74, 6) is 1.25. The molecule has 6 heteroatoms. The number of benzene rings is 2. The summed E-state index contributed by atoms with van der Waals surface area (Å²) in [5, 5.41) is 8.91. The molecule has 0 spiro atoms. The Bertz CT molecular complexity index is 845. The van der Waals surface area contributed by atoms with Crippen LogP contribution < -0.4 is 9.47 Å². The first-order valence-electron chi connectivity index (χ1n) is 10.0. The van der Waals surface area contributed by atoms with Crippen LogP contribution in [0.2, 0.25) is 0 Å². The van der Waals surface area contributed by atoms with Crippen LogP contribution in [0.1, 0.15) is 24.5 Å². The van der Waals surface area contributed by atoms with Crippen LogP contribution in [0.5, 0.6) is 11.5 Å². The molecule has 1 fully saturated rings. The maximum Gasteiger partial charge on any atom is 0.260 e. The van der Waals surface area contributed by atoms with Gasteiger partial charge in [-0.1, -0.05) is 24.3 Å². The number of nitriles is 1. The number of hydrogen-bond acceptors (Lipinski definition) is 5. The molecule has 29 heavy (non-hydrogen) atoms. The summed E-state index contributed by atoms with van der Waals surface area (Å²) in [4.78, 5) is 16.9. The number of ether oxygens (including phenoxy) is 2. The molecule has 3 rings (SSSR count). The van der Waals surface area contributed by atoms with E-state index in [9.17, 15) is 4.79 Å². The third-order valence-electron chi connectivity index (χ3n) is 4.93. The largest absolute Gasteiger partial charge is 0.490 e. The van der Waals surface area contributed by atoms with Gasteiger partial charge in [0.25, 0.3) is 5.91 Å². The lowest BCUT2D eigenvalue weighted by atomic mass is 10.1. The molecular weight excluding hydrogens is 366 g/mol. The van der Waals surface area contributed by atoms with E-state index in [0.717, 1.165) is 32.6 Å². The second-order valence-electron chi connectivity index (χ2n) is 6.99. The topological polar surface area (TPSA) is 65.8 Å². The third-order valence-corrected chi connectivity index (χ3v) is 4.93. The van der Waals surface area contributed by atoms with E-state index in [1.807, 2.05) is 60.4 Å². The maximum atomic E-state index is 12.6. The van der Waals surface area contributed by atoms with Crippen LogP contribution in [0.4, 0.5) is 0 Å². The first-order valence-corrected chi connectivity index (χ1v) is 10.0. The fraction of sp³-hybridized carbons (Fsp3) is 0.391. The normalized spacial score (nSPS) is 14.7. The highest BCUT2D eigenvalue weighted by Gasteiger charge is 2.20. The molecule has 1 heterocycles. The van der Waals surface area contributed by atoms with Gasteiger partial charge < -0.3 is 14.4 Å². The highest BCUT2D eigenvalue weighted by molar-refractivity contribution is 5.77. The Morgan fingerprint density at radius 1 is 1.00 bits per heavy atom. The zero-order chi connectivity index (χ0) is 20.5. The van der Waals surface area contributed by atoms with E-state index in [-0.39, 0.29) is 12.5 Å². The van der Waals surface area contributed by atoms with Gasteiger partial charge in [0, 0.05) is 32.7 Å². The van der Waals surface area contributed by atoms with Gasteiger partial charge in [0.05, 0.1) is 18.2 Å². The van der Waals surface area contributed by atoms with Gasteiger partial charge in [0.2, 0.25) is 0 Å². The van der Waals surface area contributed by atoms with Gasteiger partial charge in [0.1, 0.15) is 0 Å². The molecule has 6 nitrogen and oxygen atoms in total. The number of para-hydroxylation sites is 2. The molecule has 0 N–H and O–H groups in total. The molecule has 2 aromatic carbocycles. The Balaban J connectivity index is 1.49. The minimum absolute atomic E-state index is 0.00322. The molecule has 1 saturated heterocycles. The Morgan fingerprint density at radius 3 is 2.41 bits per heavy atom. The number of amides is 1. The van der Waals surface area contributed by atoms with Crippen molar-refractivity contribution in [2.75, 3.05) is 39.4 Å². The van der Waals surface area contributed by atoms with Gasteiger partial charge in [-0.15, -0.1) is 0 Å². The molecule has 1 aliphatic rings. The maximum absolute atomic E-state index is 12.6. The molecule has 0 aromatic heterocycles. The van der Waals surface area contributed by atoms with Gasteiger partial charge in [0.15, 0.2) is 18.1 Å². The average molecular weight is 393 g/mol. The van der Waals surface area contributed by atoms with E-state index in [0.29, 0.717) is 30.2 Å². The molecule has 0 bridgehead atoms. The summed E-state index contributed by atoms with van der Waals surface area (Å²) in [7, 11) is 0. The predicted octanol–water partition coefficient (Wildman–Crippen LogP) is 3.07. The molecular formula is C23H27N3O3. The Kier molecular flexibility index (Phi) is 7.48. The number of rotatable bonds is 7. The lowest BCUT2D eigenvalue weighted by molar-refractivity contribution is -0.133. The monoisotopic (exact) mass is 393 g/mol. The Morgan fingerprint density at radius 2 is 1.72 bits per heavy atom. The van der Waals surface area contributed by atoms with Crippen LogP contribution >= 0.6 is 0 Å². The second kappa shape index (κ2) is 10.5. The summed E-state index contributed by atoms with van der Waals surface area (Å²) >= 11 is 0. The Labute approximate surface area is 172 Å². The minimum Gasteiger partial charge on any atom is -0.490 e. The summed E-state index contributed by atoms with van der Waals surface area (Å²) < 4.78 is 11.3. The molecule has 0 aliphatic carbocycles. The number of hydrogen-bond donors (Lipinski definition) is 0. The van der Waals surface area contributed by atoms with Crippen LogP contribution in [0.15, 0.2) is 48.5 Å². The predicted molar refractivity (Wildman–Crippen MR) is 111 cm³/mol. The van der Waals surface area contributed by atoms with Crippen LogP contribution in [0, 0.1) is 11.3 Å². The summed E-state index contributed by atoms with van der Waals surface area (Å²) in [6.07, 6.45) is 0.928. The van der Waals surface area contributed by atoms with Crippen molar-refractivity contribution in [3.8, 4) is 17.6 Å². The first kappa shape index (κ1) is 20.7. The van der Waals surface area contributed by atoms with Crippen molar-refractivity contribution in [3.63, 3.8) is 0 Å². The van der Waals surface area contributed by atoms with Crippen LogP contribution in [0.3, 0.4) is 0 Å². The Hall–Kier alpha value is -3.04. The second-order valence-corrected chi connectivity index (χ2v) is 6.99. The van der Waals surface area contributed by atoms with E-state index in [1.165, 1.54) is 5.56 Å². The van der Waals surface area contributed by atoms with Crippen molar-refractivity contribution in [3.05, 3.63) is 59.7 Å². The van der Waals surface area contributed by atoms with Crippen molar-refractivity contribution < 1.29 is 14.3 Å². The quantitative estimate of drug-likeness (QED) is 0.723. The van der Waals surface area contributed by atoms with Crippen molar-refractivity contribution >= 4 is 5.91 Å². The van der Waals surface area contributed by atoms with Crippen LogP contribution in [0.25, 0.3) is 0 Å². The molecule has 152 valence electrons. The van der Waals surface area contributed by atoms with Crippen molar-refractivity contribution in [2.24, 2.45) is 0 Å². The van der Waals surface area contributed by atoms with E-state index in [2.05, 4.69) is 11.0 Å². The molecule has 0 radical (unpaired) electrons. The molecule has 0 atom stereocenters. The van der Waals surface area contributed by atoms with Crippen molar-refractivity contribution in [2.45, 2.75) is 19.9 Å². The first-order chi connectivity index (χ1) is 14.2. The number of carbonyl (C=O) groups excluding carboxylic acids is 1. The lowest BCUT2D eigenvalue weighted by Crippen LogP contribution is -2.38. The molecule has 0 unspecified atom stereocenters. The number of carbonyl (C=O) groups is 1. The molecule has 2 aromatic rings. The van der Waals surface area contributed by atoms with Crippen molar-refractivity contribution in [1.82, 2.24) is 9.80 Å². The summed E-state index contributed by atoms with van der Waals surface area (Å²) in [5.41, 5.74) is 1.85. The third kappa shape index (κ3) is 5.97. The smallest absolute Gasteiger partial charge is 0.260 e. The van der Waals surface area contributed by atoms with Gasteiger partial charge in [-0.3, -0.25) is 9.69 Å². The van der Waals surface area contributed by atoms with Crippen LogP contribution in [-0.2, 0) is 11.3 Å². The van der Waals surface area contributed by atoms with Gasteiger partial charge in [-0.05, 0) is 43.2 Å². The van der Waals surface area contributed by atoms with Gasteiger partial charge in [-0.25, -0.2) is 0 Å². The summed E-state index contributed by atoms with van der Waals surface area (Å²) in [6, 6.07) is 17.2.